The van der Waals surface area contributed by atoms with E-state index in [1.807, 2.05) is 6.07 Å². The molecule has 0 aliphatic heterocycles. The Morgan fingerprint density at radius 3 is 2.81 bits per heavy atom. The van der Waals surface area contributed by atoms with Gasteiger partial charge in [-0.05, 0) is 55.0 Å². The maximum atomic E-state index is 6.17. The Balaban J connectivity index is 2.33. The number of halogens is 1. The van der Waals surface area contributed by atoms with Crippen LogP contribution in [-0.4, -0.2) is 12.5 Å². The fourth-order valence-electron chi connectivity index (χ4n) is 2.22. The largest absolute Gasteiger partial charge is 0.497 e. The van der Waals surface area contributed by atoms with Gasteiger partial charge in [0.1, 0.15) is 5.75 Å². The number of benzene rings is 1. The summed E-state index contributed by atoms with van der Waals surface area (Å²) in [5, 5.41) is 0.199. The van der Waals surface area contributed by atoms with E-state index in [1.165, 1.54) is 23.1 Å². The fourth-order valence-corrected chi connectivity index (χ4v) is 2.53. The second-order valence-corrected chi connectivity index (χ2v) is 4.84. The maximum Gasteiger partial charge on any atom is 0.119 e. The Morgan fingerprint density at radius 1 is 1.38 bits per heavy atom. The number of methoxy groups -OCH3 is 1. The summed E-state index contributed by atoms with van der Waals surface area (Å²) in [5.41, 5.74) is 3.95. The van der Waals surface area contributed by atoms with Gasteiger partial charge in [-0.15, -0.1) is 11.6 Å². The first kappa shape index (κ1) is 11.5. The highest BCUT2D eigenvalue weighted by Crippen LogP contribution is 2.32. The van der Waals surface area contributed by atoms with Crippen LogP contribution in [0.2, 0.25) is 0 Å². The van der Waals surface area contributed by atoms with Crippen LogP contribution in [0.3, 0.4) is 0 Å². The lowest BCUT2D eigenvalue weighted by molar-refractivity contribution is 0.414. The third kappa shape index (κ3) is 2.41. The van der Waals surface area contributed by atoms with E-state index in [0.29, 0.717) is 0 Å². The normalized spacial score (nSPS) is 20.4. The summed E-state index contributed by atoms with van der Waals surface area (Å²) in [5.74, 6) is 0.917. The monoisotopic (exact) mass is 236 g/mol. The molecule has 0 spiro atoms. The zero-order valence-electron chi connectivity index (χ0n) is 9.79. The Morgan fingerprint density at radius 2 is 2.19 bits per heavy atom. The van der Waals surface area contributed by atoms with Crippen LogP contribution in [0.4, 0.5) is 0 Å². The molecule has 1 aliphatic rings. The van der Waals surface area contributed by atoms with Crippen molar-refractivity contribution in [1.82, 2.24) is 0 Å². The van der Waals surface area contributed by atoms with Crippen molar-refractivity contribution in [3.8, 4) is 5.75 Å². The average Bonchev–Trinajstić information content (AvgIpc) is 2.28. The summed E-state index contributed by atoms with van der Waals surface area (Å²) in [4.78, 5) is 0. The zero-order chi connectivity index (χ0) is 11.5. The van der Waals surface area contributed by atoms with Crippen LogP contribution in [0.1, 0.15) is 30.4 Å². The fraction of sp³-hybridized carbons (Fsp3) is 0.429. The average molecular weight is 237 g/mol. The molecule has 2 heteroatoms. The number of rotatable bonds is 2. The van der Waals surface area contributed by atoms with Crippen molar-refractivity contribution < 1.29 is 4.74 Å². The van der Waals surface area contributed by atoms with E-state index in [1.54, 1.807) is 7.11 Å². The van der Waals surface area contributed by atoms with E-state index in [0.717, 1.165) is 18.6 Å². The van der Waals surface area contributed by atoms with Gasteiger partial charge in [0.05, 0.1) is 12.5 Å². The minimum Gasteiger partial charge on any atom is -0.497 e. The number of alkyl halides is 1. The van der Waals surface area contributed by atoms with Gasteiger partial charge in [0.2, 0.25) is 0 Å². The molecule has 1 aromatic rings. The molecule has 86 valence electrons. The lowest BCUT2D eigenvalue weighted by Crippen LogP contribution is -2.03. The van der Waals surface area contributed by atoms with Gasteiger partial charge in [0.25, 0.3) is 0 Å². The molecule has 1 unspecified atom stereocenters. The Kier molecular flexibility index (Phi) is 3.55. The van der Waals surface area contributed by atoms with Gasteiger partial charge in [0.15, 0.2) is 0 Å². The maximum absolute atomic E-state index is 6.17. The molecule has 0 saturated carbocycles. The van der Waals surface area contributed by atoms with Crippen LogP contribution in [-0.2, 0) is 0 Å². The molecule has 0 saturated heterocycles. The first-order valence-electron chi connectivity index (χ1n) is 5.70. The first-order valence-corrected chi connectivity index (χ1v) is 6.14. The molecule has 1 aromatic carbocycles. The minimum atomic E-state index is 0.199. The summed E-state index contributed by atoms with van der Waals surface area (Å²) in [6.45, 7) is 2.12. The van der Waals surface area contributed by atoms with Crippen LogP contribution in [0.25, 0.3) is 5.57 Å². The standard InChI is InChI=1S/C14H17ClO/c1-10-8-13(16-2)6-7-14(10)11-4-3-5-12(15)9-11/h6-9,12H,3-5H2,1-2H3. The molecule has 1 nitrogen and oxygen atoms in total. The lowest BCUT2D eigenvalue weighted by atomic mass is 9.91. The smallest absolute Gasteiger partial charge is 0.119 e. The molecule has 0 heterocycles. The van der Waals surface area contributed by atoms with E-state index < -0.39 is 0 Å². The van der Waals surface area contributed by atoms with Crippen LogP contribution in [0.5, 0.6) is 5.75 Å². The van der Waals surface area contributed by atoms with Crippen molar-refractivity contribution in [3.05, 3.63) is 35.4 Å². The number of allylic oxidation sites excluding steroid dienone is 2. The van der Waals surface area contributed by atoms with Gasteiger partial charge in [-0.2, -0.15) is 0 Å². The van der Waals surface area contributed by atoms with E-state index >= 15 is 0 Å². The molecule has 1 aliphatic carbocycles. The van der Waals surface area contributed by atoms with Gasteiger partial charge in [-0.1, -0.05) is 12.1 Å². The van der Waals surface area contributed by atoms with E-state index in [2.05, 4.69) is 25.1 Å². The summed E-state index contributed by atoms with van der Waals surface area (Å²) in [6, 6.07) is 6.23. The molecule has 2 rings (SSSR count). The van der Waals surface area contributed by atoms with E-state index in [-0.39, 0.29) is 5.38 Å². The van der Waals surface area contributed by atoms with Gasteiger partial charge in [-0.3, -0.25) is 0 Å². The second kappa shape index (κ2) is 4.92. The predicted molar refractivity (Wildman–Crippen MR) is 69.2 cm³/mol. The third-order valence-corrected chi connectivity index (χ3v) is 3.43. The van der Waals surface area contributed by atoms with Crippen molar-refractivity contribution in [1.29, 1.82) is 0 Å². The van der Waals surface area contributed by atoms with Crippen molar-refractivity contribution in [3.63, 3.8) is 0 Å². The predicted octanol–water partition coefficient (Wildman–Crippen LogP) is 4.18. The quantitative estimate of drug-likeness (QED) is 0.700. The zero-order valence-corrected chi connectivity index (χ0v) is 10.6. The lowest BCUT2D eigenvalue weighted by Gasteiger charge is -2.18. The highest BCUT2D eigenvalue weighted by Gasteiger charge is 2.14. The van der Waals surface area contributed by atoms with E-state index in [4.69, 9.17) is 16.3 Å². The SMILES string of the molecule is COc1ccc(C2=CC(Cl)CCC2)c(C)c1. The van der Waals surface area contributed by atoms with Gasteiger partial charge >= 0.3 is 0 Å². The Hall–Kier alpha value is -0.950. The van der Waals surface area contributed by atoms with Crippen LogP contribution in [0.15, 0.2) is 24.3 Å². The van der Waals surface area contributed by atoms with E-state index in [9.17, 15) is 0 Å². The second-order valence-electron chi connectivity index (χ2n) is 4.28. The van der Waals surface area contributed by atoms with Gasteiger partial charge in [0, 0.05) is 0 Å². The van der Waals surface area contributed by atoms with Crippen LogP contribution >= 0.6 is 11.6 Å². The molecule has 16 heavy (non-hydrogen) atoms. The Bertz CT molecular complexity index is 409. The topological polar surface area (TPSA) is 9.23 Å². The van der Waals surface area contributed by atoms with Crippen LogP contribution < -0.4 is 4.74 Å². The number of ether oxygens (including phenoxy) is 1. The van der Waals surface area contributed by atoms with Crippen molar-refractivity contribution >= 4 is 17.2 Å². The molecule has 1 atom stereocenters. The summed E-state index contributed by atoms with van der Waals surface area (Å²) >= 11 is 6.17. The molecular weight excluding hydrogens is 220 g/mol. The highest BCUT2D eigenvalue weighted by molar-refractivity contribution is 6.22. The minimum absolute atomic E-state index is 0.199. The number of hydrogen-bond acceptors (Lipinski definition) is 1. The summed E-state index contributed by atoms with van der Waals surface area (Å²) < 4.78 is 5.21. The van der Waals surface area contributed by atoms with Crippen LogP contribution in [0, 0.1) is 6.92 Å². The van der Waals surface area contributed by atoms with Gasteiger partial charge in [-0.25, -0.2) is 0 Å². The molecule has 0 N–H and O–H groups in total. The Labute approximate surface area is 102 Å². The highest BCUT2D eigenvalue weighted by atomic mass is 35.5. The number of aryl methyl sites for hydroxylation is 1. The first-order chi connectivity index (χ1) is 7.70. The molecule has 0 bridgehead atoms. The molecule has 0 radical (unpaired) electrons. The van der Waals surface area contributed by atoms with Crippen molar-refractivity contribution in [2.45, 2.75) is 31.6 Å². The van der Waals surface area contributed by atoms with Crippen molar-refractivity contribution in [2.75, 3.05) is 7.11 Å². The molecule has 0 fully saturated rings. The molecular formula is C14H17ClO. The van der Waals surface area contributed by atoms with Gasteiger partial charge < -0.3 is 4.74 Å². The number of hydrogen-bond donors (Lipinski definition) is 0. The molecule has 0 aromatic heterocycles. The third-order valence-electron chi connectivity index (χ3n) is 3.09. The summed E-state index contributed by atoms with van der Waals surface area (Å²) in [7, 11) is 1.70. The van der Waals surface area contributed by atoms with Crippen molar-refractivity contribution in [2.24, 2.45) is 0 Å². The summed E-state index contributed by atoms with van der Waals surface area (Å²) in [6.07, 6.45) is 5.61. The molecule has 0 amide bonds.